The lowest BCUT2D eigenvalue weighted by Crippen LogP contribution is -2.27. The lowest BCUT2D eigenvalue weighted by atomic mass is 10.0. The largest absolute Gasteiger partial charge is 0.348 e. The fourth-order valence-electron chi connectivity index (χ4n) is 3.16. The molecule has 30 heavy (non-hydrogen) atoms. The van der Waals surface area contributed by atoms with E-state index in [1.165, 1.54) is 10.6 Å². The van der Waals surface area contributed by atoms with Crippen molar-refractivity contribution in [3.8, 4) is 0 Å². The van der Waals surface area contributed by atoms with Crippen LogP contribution in [0.3, 0.4) is 0 Å². The Bertz CT molecular complexity index is 1190. The zero-order valence-electron chi connectivity index (χ0n) is 15.8. The van der Waals surface area contributed by atoms with Gasteiger partial charge in [0, 0.05) is 11.5 Å². The molecule has 0 radical (unpaired) electrons. The molecule has 4 heterocycles. The summed E-state index contributed by atoms with van der Waals surface area (Å²) in [4.78, 5) is 31.1. The van der Waals surface area contributed by atoms with Gasteiger partial charge in [0.2, 0.25) is 0 Å². The van der Waals surface area contributed by atoms with Gasteiger partial charge in [-0.2, -0.15) is 0 Å². The first-order valence-electron chi connectivity index (χ1n) is 9.25. The van der Waals surface area contributed by atoms with Crippen LogP contribution in [0.2, 0.25) is 10.3 Å². The Balaban J connectivity index is 0.000000158. The normalized spacial score (nSPS) is 15.7. The van der Waals surface area contributed by atoms with Crippen LogP contribution in [0, 0.1) is 0 Å². The predicted octanol–water partition coefficient (Wildman–Crippen LogP) is 3.30. The van der Waals surface area contributed by atoms with Gasteiger partial charge in [-0.3, -0.25) is 14.2 Å². The molecule has 0 N–H and O–H groups in total. The zero-order valence-corrected chi connectivity index (χ0v) is 17.3. The molecule has 1 aliphatic carbocycles. The van der Waals surface area contributed by atoms with Gasteiger partial charge in [0.15, 0.2) is 12.1 Å². The highest BCUT2D eigenvalue weighted by molar-refractivity contribution is 6.29. The lowest BCUT2D eigenvalue weighted by molar-refractivity contribution is -0.114. The maximum Gasteiger partial charge on any atom is 0.252 e. The van der Waals surface area contributed by atoms with E-state index in [0.717, 1.165) is 16.6 Å². The summed E-state index contributed by atoms with van der Waals surface area (Å²) in [6.07, 6.45) is 3.31. The van der Waals surface area contributed by atoms with Gasteiger partial charge in [-0.25, -0.2) is 9.97 Å². The second kappa shape index (κ2) is 9.06. The molecule has 0 spiro atoms. The summed E-state index contributed by atoms with van der Waals surface area (Å²) in [6.45, 7) is 1.43. The number of carbonyl (C=O) groups excluding carboxylic acids is 1. The van der Waals surface area contributed by atoms with Gasteiger partial charge in [0.05, 0.1) is 31.9 Å². The second-order valence-corrected chi connectivity index (χ2v) is 7.42. The Kier molecular flexibility index (Phi) is 6.24. The number of rotatable bonds is 2. The number of ether oxygens (including phenoxy) is 2. The molecule has 154 valence electrons. The molecule has 1 saturated heterocycles. The van der Waals surface area contributed by atoms with Crippen LogP contribution in [0.4, 0.5) is 0 Å². The maximum atomic E-state index is 11.9. The van der Waals surface area contributed by atoms with Crippen molar-refractivity contribution in [2.45, 2.75) is 19.3 Å². The van der Waals surface area contributed by atoms with Crippen molar-refractivity contribution in [3.63, 3.8) is 0 Å². The van der Waals surface area contributed by atoms with Gasteiger partial charge in [-0.15, -0.1) is 0 Å². The van der Waals surface area contributed by atoms with Crippen LogP contribution in [0.1, 0.15) is 11.3 Å². The SMILES string of the molecule is O=C1C=Cc2ccc(Cl)nc2C1.O=c1ccc2ccc(Cl)nc2n1CC1OCCO1. The van der Waals surface area contributed by atoms with Gasteiger partial charge in [-0.1, -0.05) is 29.3 Å². The number of ketones is 1. The molecule has 0 bridgehead atoms. The third-order valence-electron chi connectivity index (χ3n) is 4.59. The quantitative estimate of drug-likeness (QED) is 0.562. The minimum Gasteiger partial charge on any atom is -0.348 e. The standard InChI is InChI=1S/C12H11ClN2O3.C9H6ClNO/c13-9-3-1-8-2-4-10(16)15(12(8)14-9)7-11-17-5-6-18-11;10-9-4-2-6-1-3-7(12)5-8(6)11-9/h1-4,11H,5-7H2;1-4H,5H2. The van der Waals surface area contributed by atoms with Crippen molar-refractivity contribution in [2.75, 3.05) is 13.2 Å². The molecule has 0 unspecified atom stereocenters. The predicted molar refractivity (Wildman–Crippen MR) is 114 cm³/mol. The molecule has 0 aromatic carbocycles. The molecule has 5 rings (SSSR count). The third kappa shape index (κ3) is 4.76. The van der Waals surface area contributed by atoms with Gasteiger partial charge in [-0.05, 0) is 42.0 Å². The topological polar surface area (TPSA) is 83.3 Å². The number of aromatic nitrogens is 3. The Hall–Kier alpha value is -2.58. The van der Waals surface area contributed by atoms with Gasteiger partial charge in [0.1, 0.15) is 16.0 Å². The second-order valence-electron chi connectivity index (χ2n) is 6.65. The summed E-state index contributed by atoms with van der Waals surface area (Å²) in [5.74, 6) is 0.0808. The first-order valence-corrected chi connectivity index (χ1v) is 10.0. The molecule has 0 saturated carbocycles. The van der Waals surface area contributed by atoms with Crippen LogP contribution in [-0.4, -0.2) is 39.8 Å². The number of fused-ring (bicyclic) bond motifs is 2. The molecule has 7 nitrogen and oxygen atoms in total. The summed E-state index contributed by atoms with van der Waals surface area (Å²) >= 11 is 11.5. The van der Waals surface area contributed by atoms with Gasteiger partial charge < -0.3 is 9.47 Å². The first-order chi connectivity index (χ1) is 14.5. The summed E-state index contributed by atoms with van der Waals surface area (Å²) in [6, 6.07) is 10.4. The smallest absolute Gasteiger partial charge is 0.252 e. The molecule has 1 fully saturated rings. The van der Waals surface area contributed by atoms with E-state index >= 15 is 0 Å². The zero-order chi connectivity index (χ0) is 21.1. The van der Waals surface area contributed by atoms with Crippen LogP contribution >= 0.6 is 23.2 Å². The first kappa shape index (κ1) is 20.7. The van der Waals surface area contributed by atoms with Crippen molar-refractivity contribution < 1.29 is 14.3 Å². The van der Waals surface area contributed by atoms with Crippen molar-refractivity contribution in [3.05, 3.63) is 74.4 Å². The number of hydrogen-bond donors (Lipinski definition) is 0. The van der Waals surface area contributed by atoms with E-state index in [0.29, 0.717) is 42.1 Å². The molecule has 9 heteroatoms. The molecule has 0 atom stereocenters. The molecule has 3 aromatic rings. The minimum absolute atomic E-state index is 0.0808. The molecule has 0 amide bonds. The maximum absolute atomic E-state index is 11.9. The van der Waals surface area contributed by atoms with E-state index in [1.54, 1.807) is 30.4 Å². The molecular formula is C21H17Cl2N3O4. The Labute approximate surface area is 181 Å². The van der Waals surface area contributed by atoms with Crippen molar-refractivity contribution in [1.29, 1.82) is 0 Å². The highest BCUT2D eigenvalue weighted by Gasteiger charge is 2.18. The average molecular weight is 446 g/mol. The monoisotopic (exact) mass is 445 g/mol. The van der Waals surface area contributed by atoms with E-state index in [2.05, 4.69) is 9.97 Å². The fourth-order valence-corrected chi connectivity index (χ4v) is 3.47. The van der Waals surface area contributed by atoms with Crippen molar-refractivity contribution in [1.82, 2.24) is 14.5 Å². The highest BCUT2D eigenvalue weighted by Crippen LogP contribution is 2.18. The number of halogens is 2. The van der Waals surface area contributed by atoms with Gasteiger partial charge in [0.25, 0.3) is 5.56 Å². The highest BCUT2D eigenvalue weighted by atomic mass is 35.5. The van der Waals surface area contributed by atoms with Crippen LogP contribution < -0.4 is 5.56 Å². The van der Waals surface area contributed by atoms with Crippen LogP contribution in [0.5, 0.6) is 0 Å². The van der Waals surface area contributed by atoms with E-state index < -0.39 is 6.29 Å². The molecule has 2 aliphatic rings. The van der Waals surface area contributed by atoms with E-state index in [1.807, 2.05) is 12.1 Å². The Morgan fingerprint density at radius 3 is 2.43 bits per heavy atom. The summed E-state index contributed by atoms with van der Waals surface area (Å²) < 4.78 is 12.2. The van der Waals surface area contributed by atoms with Crippen molar-refractivity contribution in [2.24, 2.45) is 0 Å². The number of allylic oxidation sites excluding steroid dienone is 1. The lowest BCUT2D eigenvalue weighted by Gasteiger charge is -2.13. The van der Waals surface area contributed by atoms with E-state index in [9.17, 15) is 9.59 Å². The minimum atomic E-state index is -0.394. The Morgan fingerprint density at radius 1 is 0.933 bits per heavy atom. The van der Waals surface area contributed by atoms with Crippen LogP contribution in [0.15, 0.2) is 47.3 Å². The number of hydrogen-bond acceptors (Lipinski definition) is 6. The summed E-state index contributed by atoms with van der Waals surface area (Å²) in [5, 5.41) is 1.66. The fraction of sp³-hybridized carbons (Fsp3) is 0.238. The average Bonchev–Trinajstić information content (AvgIpc) is 3.24. The third-order valence-corrected chi connectivity index (χ3v) is 5.01. The van der Waals surface area contributed by atoms with Crippen LogP contribution in [0.25, 0.3) is 17.1 Å². The Morgan fingerprint density at radius 2 is 1.63 bits per heavy atom. The van der Waals surface area contributed by atoms with E-state index in [4.69, 9.17) is 32.7 Å². The van der Waals surface area contributed by atoms with E-state index in [-0.39, 0.29) is 11.3 Å². The number of nitrogens with zero attached hydrogens (tertiary/aromatic N) is 3. The van der Waals surface area contributed by atoms with Crippen LogP contribution in [-0.2, 0) is 27.2 Å². The summed E-state index contributed by atoms with van der Waals surface area (Å²) in [5.41, 5.74) is 2.17. The summed E-state index contributed by atoms with van der Waals surface area (Å²) in [7, 11) is 0. The molecule has 3 aromatic heterocycles. The van der Waals surface area contributed by atoms with Gasteiger partial charge >= 0.3 is 0 Å². The molecule has 1 aliphatic heterocycles. The molecular weight excluding hydrogens is 429 g/mol. The van der Waals surface area contributed by atoms with Crippen molar-refractivity contribution >= 4 is 46.1 Å². The number of carbonyl (C=O) groups is 1. The number of pyridine rings is 3.